The quantitative estimate of drug-likeness (QED) is 0.101. The van der Waals surface area contributed by atoms with Gasteiger partial charge in [0.15, 0.2) is 23.3 Å². The van der Waals surface area contributed by atoms with Crippen LogP contribution in [0, 0.1) is 35.0 Å². The van der Waals surface area contributed by atoms with Crippen LogP contribution in [0.15, 0.2) is 0 Å². The van der Waals surface area contributed by atoms with Crippen molar-refractivity contribution in [2.75, 3.05) is 6.61 Å². The molecule has 0 aliphatic carbocycles. The summed E-state index contributed by atoms with van der Waals surface area (Å²) in [5.41, 5.74) is -1.64. The van der Waals surface area contributed by atoms with E-state index in [9.17, 15) is 31.5 Å². The number of hydrogen-bond acceptors (Lipinski definition) is 3. The summed E-state index contributed by atoms with van der Waals surface area (Å²) in [7, 11) is 0. The van der Waals surface area contributed by atoms with Crippen LogP contribution in [-0.2, 0) is 9.53 Å². The third-order valence-corrected chi connectivity index (χ3v) is 5.39. The van der Waals surface area contributed by atoms with E-state index in [0.717, 1.165) is 19.3 Å². The largest absolute Gasteiger partial charge is 0.464 e. The average Bonchev–Trinajstić information content (AvgIpc) is 2.78. The number of amides is 1. The molecule has 1 atom stereocenters. The van der Waals surface area contributed by atoms with Gasteiger partial charge in [-0.15, -0.1) is 0 Å². The van der Waals surface area contributed by atoms with Gasteiger partial charge < -0.3 is 10.1 Å². The molecule has 1 N–H and O–H groups in total. The van der Waals surface area contributed by atoms with Crippen molar-refractivity contribution in [2.45, 2.75) is 91.0 Å². The van der Waals surface area contributed by atoms with Crippen LogP contribution in [0.5, 0.6) is 0 Å². The predicted molar refractivity (Wildman–Crippen MR) is 115 cm³/mol. The highest BCUT2D eigenvalue weighted by Gasteiger charge is 2.33. The van der Waals surface area contributed by atoms with Crippen molar-refractivity contribution in [3.05, 3.63) is 34.6 Å². The third-order valence-electron chi connectivity index (χ3n) is 5.39. The summed E-state index contributed by atoms with van der Waals surface area (Å²) >= 11 is 0. The van der Waals surface area contributed by atoms with E-state index in [-0.39, 0.29) is 6.61 Å². The Morgan fingerprint density at radius 3 is 1.61 bits per heavy atom. The summed E-state index contributed by atoms with van der Waals surface area (Å²) in [5.74, 6) is -14.3. The first-order chi connectivity index (χ1) is 15.6. The van der Waals surface area contributed by atoms with E-state index in [0.29, 0.717) is 6.42 Å². The van der Waals surface area contributed by atoms with Gasteiger partial charge in [0, 0.05) is 0 Å². The Morgan fingerprint density at radius 1 is 0.727 bits per heavy atom. The van der Waals surface area contributed by atoms with E-state index in [1.54, 1.807) is 13.8 Å². The molecule has 0 aliphatic rings. The second-order valence-electron chi connectivity index (χ2n) is 8.49. The maximum Gasteiger partial charge on any atom is 0.328 e. The van der Waals surface area contributed by atoms with Crippen LogP contribution in [0.1, 0.15) is 95.3 Å². The molecule has 1 aromatic carbocycles. The molecule has 0 fully saturated rings. The third kappa shape index (κ3) is 8.93. The number of hydrogen-bond donors (Lipinski definition) is 1. The molecular formula is C24H34F5NO3. The molecular weight excluding hydrogens is 445 g/mol. The summed E-state index contributed by atoms with van der Waals surface area (Å²) in [6, 6.07) is -1.31. The van der Waals surface area contributed by atoms with E-state index in [4.69, 9.17) is 4.74 Å². The minimum Gasteiger partial charge on any atom is -0.464 e. The Morgan fingerprint density at radius 2 is 1.15 bits per heavy atom. The number of rotatable bonds is 15. The molecule has 1 unspecified atom stereocenters. The van der Waals surface area contributed by atoms with Crippen LogP contribution in [-0.4, -0.2) is 24.5 Å². The zero-order chi connectivity index (χ0) is 25.0. The van der Waals surface area contributed by atoms with Gasteiger partial charge in [-0.2, -0.15) is 0 Å². The van der Waals surface area contributed by atoms with Gasteiger partial charge in [0.25, 0.3) is 5.91 Å². The molecule has 188 valence electrons. The normalized spacial score (nSPS) is 12.2. The summed E-state index contributed by atoms with van der Waals surface area (Å²) in [4.78, 5) is 24.6. The molecule has 0 spiro atoms. The highest BCUT2D eigenvalue weighted by molar-refractivity contribution is 5.97. The summed E-state index contributed by atoms with van der Waals surface area (Å²) < 4.78 is 72.8. The number of carbonyl (C=O) groups is 2. The van der Waals surface area contributed by atoms with Gasteiger partial charge in [-0.3, -0.25) is 4.79 Å². The van der Waals surface area contributed by atoms with E-state index < -0.39 is 58.5 Å². The number of esters is 1. The number of nitrogens with one attached hydrogen (secondary N) is 1. The second-order valence-corrected chi connectivity index (χ2v) is 8.49. The summed E-state index contributed by atoms with van der Waals surface area (Å²) in [6.45, 7) is 5.38. The van der Waals surface area contributed by atoms with Crippen LogP contribution in [0.2, 0.25) is 0 Å². The molecule has 0 bridgehead atoms. The molecule has 0 saturated heterocycles. The van der Waals surface area contributed by atoms with Crippen molar-refractivity contribution in [3.63, 3.8) is 0 Å². The lowest BCUT2D eigenvalue weighted by Crippen LogP contribution is -2.46. The van der Waals surface area contributed by atoms with Gasteiger partial charge in [0.2, 0.25) is 5.82 Å². The maximum atomic E-state index is 13.9. The van der Waals surface area contributed by atoms with Gasteiger partial charge in [0.05, 0.1) is 6.61 Å². The first-order valence-electron chi connectivity index (χ1n) is 11.6. The number of ether oxygens (including phenoxy) is 1. The standard InChI is InChI=1S/C24H34F5NO3/c1-4-5-6-7-8-9-10-11-12-13-14-33-24(32)22(15(2)3)30-23(31)16-17(25)19(27)21(29)20(28)18(16)26/h15,22H,4-14H2,1-3H3,(H,30,31). The van der Waals surface area contributed by atoms with Gasteiger partial charge in [-0.05, 0) is 12.3 Å². The molecule has 1 amide bonds. The van der Waals surface area contributed by atoms with E-state index in [1.165, 1.54) is 38.5 Å². The SMILES string of the molecule is CCCCCCCCCCCCOC(=O)C(NC(=O)c1c(F)c(F)c(F)c(F)c1F)C(C)C. The summed E-state index contributed by atoms with van der Waals surface area (Å²) in [6.07, 6.45) is 11.0. The van der Waals surface area contributed by atoms with E-state index in [1.807, 2.05) is 5.32 Å². The Kier molecular flexibility index (Phi) is 13.0. The van der Waals surface area contributed by atoms with Crippen LogP contribution in [0.25, 0.3) is 0 Å². The second kappa shape index (κ2) is 14.9. The maximum absolute atomic E-state index is 13.9. The van der Waals surface area contributed by atoms with Gasteiger partial charge in [0.1, 0.15) is 11.6 Å². The van der Waals surface area contributed by atoms with Gasteiger partial charge >= 0.3 is 5.97 Å². The topological polar surface area (TPSA) is 55.4 Å². The first-order valence-corrected chi connectivity index (χ1v) is 11.6. The lowest BCUT2D eigenvalue weighted by Gasteiger charge is -2.21. The van der Waals surface area contributed by atoms with Crippen molar-refractivity contribution in [3.8, 4) is 0 Å². The van der Waals surface area contributed by atoms with Crippen LogP contribution < -0.4 is 5.32 Å². The molecule has 1 aromatic rings. The van der Waals surface area contributed by atoms with Crippen molar-refractivity contribution in [1.29, 1.82) is 0 Å². The Hall–Kier alpha value is -2.19. The Balaban J connectivity index is 2.51. The van der Waals surface area contributed by atoms with Crippen molar-refractivity contribution < 1.29 is 36.3 Å². The molecule has 4 nitrogen and oxygen atoms in total. The Bertz CT molecular complexity index is 757. The molecule has 0 aromatic heterocycles. The minimum absolute atomic E-state index is 0.108. The molecule has 0 aliphatic heterocycles. The lowest BCUT2D eigenvalue weighted by molar-refractivity contribution is -0.147. The van der Waals surface area contributed by atoms with Crippen molar-refractivity contribution in [1.82, 2.24) is 5.32 Å². The van der Waals surface area contributed by atoms with E-state index in [2.05, 4.69) is 6.92 Å². The molecule has 0 heterocycles. The fourth-order valence-electron chi connectivity index (χ4n) is 3.37. The highest BCUT2D eigenvalue weighted by Crippen LogP contribution is 2.23. The zero-order valence-electron chi connectivity index (χ0n) is 19.5. The minimum atomic E-state index is -2.36. The van der Waals surface area contributed by atoms with Crippen LogP contribution in [0.3, 0.4) is 0 Å². The molecule has 1 rings (SSSR count). The van der Waals surface area contributed by atoms with Crippen molar-refractivity contribution in [2.24, 2.45) is 5.92 Å². The van der Waals surface area contributed by atoms with Gasteiger partial charge in [-0.1, -0.05) is 78.6 Å². The predicted octanol–water partition coefficient (Wildman–Crippen LogP) is 6.60. The van der Waals surface area contributed by atoms with Gasteiger partial charge in [-0.25, -0.2) is 26.7 Å². The summed E-state index contributed by atoms with van der Waals surface area (Å²) in [5, 5.41) is 2.03. The van der Waals surface area contributed by atoms with Crippen LogP contribution >= 0.6 is 0 Å². The molecule has 0 saturated carbocycles. The fraction of sp³-hybridized carbons (Fsp3) is 0.667. The lowest BCUT2D eigenvalue weighted by atomic mass is 10.0. The Labute approximate surface area is 192 Å². The molecule has 33 heavy (non-hydrogen) atoms. The number of halogens is 5. The number of unbranched alkanes of at least 4 members (excludes halogenated alkanes) is 9. The number of benzene rings is 1. The molecule has 9 heteroatoms. The van der Waals surface area contributed by atoms with E-state index >= 15 is 0 Å². The monoisotopic (exact) mass is 479 g/mol. The van der Waals surface area contributed by atoms with Crippen molar-refractivity contribution >= 4 is 11.9 Å². The van der Waals surface area contributed by atoms with Crippen LogP contribution in [0.4, 0.5) is 22.0 Å². The molecule has 0 radical (unpaired) electrons. The number of carbonyl (C=O) groups excluding carboxylic acids is 2. The smallest absolute Gasteiger partial charge is 0.328 e. The average molecular weight is 480 g/mol. The zero-order valence-corrected chi connectivity index (χ0v) is 19.5. The fourth-order valence-corrected chi connectivity index (χ4v) is 3.37. The first kappa shape index (κ1) is 28.8. The highest BCUT2D eigenvalue weighted by atomic mass is 19.2.